The third kappa shape index (κ3) is 1.58. The largest absolute Gasteiger partial charge is 0.247 e. The van der Waals surface area contributed by atoms with Crippen LogP contribution in [0.15, 0.2) is 24.3 Å². The van der Waals surface area contributed by atoms with Crippen molar-refractivity contribution in [3.05, 3.63) is 24.3 Å². The average molecular weight is 274 g/mol. The molecular formula is C19H27F. The summed E-state index contributed by atoms with van der Waals surface area (Å²) >= 11 is 0. The van der Waals surface area contributed by atoms with E-state index in [4.69, 9.17) is 0 Å². The molecule has 0 nitrogen and oxygen atoms in total. The van der Waals surface area contributed by atoms with Crippen molar-refractivity contribution < 1.29 is 4.39 Å². The van der Waals surface area contributed by atoms with Crippen molar-refractivity contribution in [1.82, 2.24) is 0 Å². The van der Waals surface area contributed by atoms with E-state index in [-0.39, 0.29) is 11.3 Å². The lowest BCUT2D eigenvalue weighted by molar-refractivity contribution is -0.0842. The highest BCUT2D eigenvalue weighted by Crippen LogP contribution is 2.65. The molecule has 110 valence electrons. The Morgan fingerprint density at radius 1 is 1.05 bits per heavy atom. The Kier molecular flexibility index (Phi) is 2.76. The van der Waals surface area contributed by atoms with Crippen LogP contribution in [0, 0.1) is 34.5 Å². The summed E-state index contributed by atoms with van der Waals surface area (Å²) in [6.07, 6.45) is 15.7. The van der Waals surface area contributed by atoms with Gasteiger partial charge in [-0.1, -0.05) is 44.6 Å². The Morgan fingerprint density at radius 3 is 2.75 bits per heavy atom. The summed E-state index contributed by atoms with van der Waals surface area (Å²) < 4.78 is 14.8. The van der Waals surface area contributed by atoms with E-state index >= 15 is 0 Å². The summed E-state index contributed by atoms with van der Waals surface area (Å²) in [6, 6.07) is 0. The molecule has 1 heteroatoms. The standard InChI is InChI=1S/C19H27F/c1-18-9-5-7-14(18)13-12-17(20)16-6-3-4-10-19(16,2)15(13)8-11-18/h3-4,6,10,13-17H,5,7-9,11-12H2,1-2H3/t13-,14-,15-,16?,17-,18-,19+/m0/s1. The van der Waals surface area contributed by atoms with Crippen LogP contribution in [0.5, 0.6) is 0 Å². The molecule has 0 N–H and O–H groups in total. The maximum Gasteiger partial charge on any atom is 0.107 e. The molecular weight excluding hydrogens is 247 g/mol. The van der Waals surface area contributed by atoms with Crippen molar-refractivity contribution in [2.24, 2.45) is 34.5 Å². The van der Waals surface area contributed by atoms with Crippen LogP contribution in [0.4, 0.5) is 4.39 Å². The van der Waals surface area contributed by atoms with Gasteiger partial charge in [-0.25, -0.2) is 4.39 Å². The minimum atomic E-state index is -0.634. The maximum atomic E-state index is 14.8. The molecule has 4 rings (SSSR count). The second kappa shape index (κ2) is 4.21. The van der Waals surface area contributed by atoms with E-state index in [9.17, 15) is 4.39 Å². The molecule has 0 radical (unpaired) electrons. The van der Waals surface area contributed by atoms with Gasteiger partial charge in [-0.2, -0.15) is 0 Å². The van der Waals surface area contributed by atoms with Crippen LogP contribution in [-0.2, 0) is 0 Å². The first-order valence-corrected chi connectivity index (χ1v) is 8.55. The Bertz CT molecular complexity index is 464. The predicted molar refractivity (Wildman–Crippen MR) is 81.1 cm³/mol. The first-order valence-electron chi connectivity index (χ1n) is 8.55. The Morgan fingerprint density at radius 2 is 1.90 bits per heavy atom. The van der Waals surface area contributed by atoms with Crippen LogP contribution in [0.1, 0.15) is 52.4 Å². The highest BCUT2D eigenvalue weighted by molar-refractivity contribution is 5.25. The summed E-state index contributed by atoms with van der Waals surface area (Å²) in [5.74, 6) is 2.25. The lowest BCUT2D eigenvalue weighted by atomic mass is 9.47. The van der Waals surface area contributed by atoms with Gasteiger partial charge in [0.25, 0.3) is 0 Å². The van der Waals surface area contributed by atoms with Crippen molar-refractivity contribution in [3.63, 3.8) is 0 Å². The van der Waals surface area contributed by atoms with Gasteiger partial charge in [-0.05, 0) is 60.7 Å². The number of allylic oxidation sites excluding steroid dienone is 4. The molecule has 4 aliphatic carbocycles. The fourth-order valence-electron chi connectivity index (χ4n) is 6.43. The van der Waals surface area contributed by atoms with Crippen LogP contribution in [0.3, 0.4) is 0 Å². The van der Waals surface area contributed by atoms with E-state index in [1.54, 1.807) is 0 Å². The minimum absolute atomic E-state index is 0.0704. The monoisotopic (exact) mass is 274 g/mol. The molecule has 3 saturated carbocycles. The van der Waals surface area contributed by atoms with Crippen molar-refractivity contribution in [1.29, 1.82) is 0 Å². The molecule has 0 aromatic carbocycles. The zero-order chi connectivity index (χ0) is 14.0. The number of hydrogen-bond acceptors (Lipinski definition) is 0. The summed E-state index contributed by atoms with van der Waals surface area (Å²) in [4.78, 5) is 0. The third-order valence-corrected chi connectivity index (χ3v) is 7.51. The predicted octanol–water partition coefficient (Wildman–Crippen LogP) is 5.31. The molecule has 0 aromatic rings. The summed E-state index contributed by atoms with van der Waals surface area (Å²) in [5.41, 5.74) is 0.597. The summed E-state index contributed by atoms with van der Waals surface area (Å²) in [5, 5.41) is 0. The molecule has 3 fully saturated rings. The number of rotatable bonds is 0. The Hall–Kier alpha value is -0.590. The zero-order valence-corrected chi connectivity index (χ0v) is 12.8. The van der Waals surface area contributed by atoms with Crippen molar-refractivity contribution in [3.8, 4) is 0 Å². The van der Waals surface area contributed by atoms with Gasteiger partial charge in [0.2, 0.25) is 0 Å². The van der Waals surface area contributed by atoms with E-state index in [1.807, 2.05) is 0 Å². The van der Waals surface area contributed by atoms with Gasteiger partial charge in [-0.15, -0.1) is 0 Å². The lowest BCUT2D eigenvalue weighted by Gasteiger charge is -2.58. The van der Waals surface area contributed by atoms with E-state index in [0.717, 1.165) is 12.3 Å². The molecule has 0 heterocycles. The van der Waals surface area contributed by atoms with Gasteiger partial charge in [0.05, 0.1) is 0 Å². The Labute approximate surface area is 122 Å². The Balaban J connectivity index is 1.72. The van der Waals surface area contributed by atoms with Crippen LogP contribution in [-0.4, -0.2) is 6.17 Å². The van der Waals surface area contributed by atoms with E-state index < -0.39 is 6.17 Å². The van der Waals surface area contributed by atoms with E-state index in [1.165, 1.54) is 32.1 Å². The number of halogens is 1. The maximum absolute atomic E-state index is 14.8. The molecule has 0 aliphatic heterocycles. The molecule has 0 amide bonds. The van der Waals surface area contributed by atoms with E-state index in [0.29, 0.717) is 17.3 Å². The van der Waals surface area contributed by atoms with Crippen LogP contribution in [0.25, 0.3) is 0 Å². The lowest BCUT2D eigenvalue weighted by Crippen LogP contribution is -2.53. The van der Waals surface area contributed by atoms with Gasteiger partial charge >= 0.3 is 0 Å². The number of fused-ring (bicyclic) bond motifs is 5. The minimum Gasteiger partial charge on any atom is -0.247 e. The smallest absolute Gasteiger partial charge is 0.107 e. The molecule has 7 atom stereocenters. The van der Waals surface area contributed by atoms with Crippen LogP contribution in [0.2, 0.25) is 0 Å². The van der Waals surface area contributed by atoms with Crippen molar-refractivity contribution >= 4 is 0 Å². The molecule has 0 spiro atoms. The van der Waals surface area contributed by atoms with Crippen LogP contribution >= 0.6 is 0 Å². The second-order valence-electron chi connectivity index (χ2n) is 8.35. The number of alkyl halides is 1. The highest BCUT2D eigenvalue weighted by atomic mass is 19.1. The van der Waals surface area contributed by atoms with Crippen molar-refractivity contribution in [2.45, 2.75) is 58.5 Å². The molecule has 0 aromatic heterocycles. The van der Waals surface area contributed by atoms with Crippen molar-refractivity contribution in [2.75, 3.05) is 0 Å². The summed E-state index contributed by atoms with van der Waals surface area (Å²) in [7, 11) is 0. The fourth-order valence-corrected chi connectivity index (χ4v) is 6.43. The van der Waals surface area contributed by atoms with Crippen LogP contribution < -0.4 is 0 Å². The highest BCUT2D eigenvalue weighted by Gasteiger charge is 2.58. The molecule has 1 unspecified atom stereocenters. The quantitative estimate of drug-likeness (QED) is 0.561. The SMILES string of the molecule is C[C@@]12CCC[C@H]1[C@@H]1C[C@H](F)C3C=CC=C[C@]3(C)[C@H]1CC2. The molecule has 4 aliphatic rings. The average Bonchev–Trinajstić information content (AvgIpc) is 2.81. The van der Waals surface area contributed by atoms with Gasteiger partial charge < -0.3 is 0 Å². The topological polar surface area (TPSA) is 0 Å². The molecule has 0 bridgehead atoms. The van der Waals surface area contributed by atoms with Gasteiger partial charge in [0.1, 0.15) is 6.17 Å². The van der Waals surface area contributed by atoms with Gasteiger partial charge in [0, 0.05) is 5.92 Å². The summed E-state index contributed by atoms with van der Waals surface area (Å²) in [6.45, 7) is 4.82. The third-order valence-electron chi connectivity index (χ3n) is 7.51. The zero-order valence-electron chi connectivity index (χ0n) is 12.8. The first-order chi connectivity index (χ1) is 9.55. The normalized spacial score (nSPS) is 57.0. The first kappa shape index (κ1) is 13.1. The molecule has 0 saturated heterocycles. The van der Waals surface area contributed by atoms with E-state index in [2.05, 4.69) is 38.2 Å². The molecule has 20 heavy (non-hydrogen) atoms. The van der Waals surface area contributed by atoms with Gasteiger partial charge in [-0.3, -0.25) is 0 Å². The second-order valence-corrected chi connectivity index (χ2v) is 8.35. The fraction of sp³-hybridized carbons (Fsp3) is 0.789. The van der Waals surface area contributed by atoms with Gasteiger partial charge in [0.15, 0.2) is 0 Å². The number of hydrogen-bond donors (Lipinski definition) is 0.